The van der Waals surface area contributed by atoms with Crippen molar-refractivity contribution in [2.75, 3.05) is 18.4 Å². The number of para-hydroxylation sites is 1. The predicted molar refractivity (Wildman–Crippen MR) is 115 cm³/mol. The van der Waals surface area contributed by atoms with E-state index in [4.69, 9.17) is 5.73 Å². The number of nitrogens with zero attached hydrogens (tertiary/aromatic N) is 1. The molecule has 2 atom stereocenters. The lowest BCUT2D eigenvalue weighted by molar-refractivity contribution is -0.122. The summed E-state index contributed by atoms with van der Waals surface area (Å²) in [6.45, 7) is 8.04. The molecular formula is C22H30ClN3O. The molecule has 4 nitrogen and oxygen atoms in total. The zero-order valence-electron chi connectivity index (χ0n) is 16.3. The highest BCUT2D eigenvalue weighted by molar-refractivity contribution is 5.98. The van der Waals surface area contributed by atoms with Gasteiger partial charge in [0.15, 0.2) is 0 Å². The van der Waals surface area contributed by atoms with E-state index in [9.17, 15) is 4.79 Å². The summed E-state index contributed by atoms with van der Waals surface area (Å²) in [4.78, 5) is 15.1. The summed E-state index contributed by atoms with van der Waals surface area (Å²) in [6, 6.07) is 18.1. The van der Waals surface area contributed by atoms with Crippen LogP contribution in [-0.4, -0.2) is 36.0 Å². The molecule has 1 aliphatic rings. The number of amides is 1. The molecule has 2 unspecified atom stereocenters. The van der Waals surface area contributed by atoms with Crippen LogP contribution in [0.25, 0.3) is 11.1 Å². The Hall–Kier alpha value is -1.88. The van der Waals surface area contributed by atoms with E-state index in [0.29, 0.717) is 0 Å². The molecule has 146 valence electrons. The van der Waals surface area contributed by atoms with Crippen molar-refractivity contribution in [1.82, 2.24) is 4.90 Å². The van der Waals surface area contributed by atoms with Gasteiger partial charge in [0.1, 0.15) is 0 Å². The van der Waals surface area contributed by atoms with Crippen LogP contribution in [0, 0.1) is 5.41 Å². The van der Waals surface area contributed by atoms with Crippen molar-refractivity contribution in [3.05, 3.63) is 54.6 Å². The Morgan fingerprint density at radius 1 is 1.15 bits per heavy atom. The van der Waals surface area contributed by atoms with Crippen LogP contribution in [0.5, 0.6) is 0 Å². The van der Waals surface area contributed by atoms with Crippen LogP contribution in [0.1, 0.15) is 27.2 Å². The standard InChI is InChI=1S/C22H29N3O.ClH/c1-16(25-14-13-20(23)22(2,3)15-25)21(26)24-19-12-8-7-11-18(19)17-9-5-4-6-10-17;/h4-12,16,20H,13-15,23H2,1-3H3,(H,24,26);1H. The topological polar surface area (TPSA) is 58.4 Å². The molecule has 3 rings (SSSR count). The number of halogens is 1. The van der Waals surface area contributed by atoms with Crippen LogP contribution in [0.15, 0.2) is 54.6 Å². The second-order valence-electron chi connectivity index (χ2n) is 7.93. The highest BCUT2D eigenvalue weighted by atomic mass is 35.5. The lowest BCUT2D eigenvalue weighted by Crippen LogP contribution is -2.56. The minimum absolute atomic E-state index is 0. The summed E-state index contributed by atoms with van der Waals surface area (Å²) in [5.74, 6) is 0.0275. The number of likely N-dealkylation sites (tertiary alicyclic amines) is 1. The number of carbonyl (C=O) groups is 1. The van der Waals surface area contributed by atoms with Gasteiger partial charge in [-0.3, -0.25) is 9.69 Å². The van der Waals surface area contributed by atoms with Gasteiger partial charge in [0, 0.05) is 30.4 Å². The molecule has 1 aliphatic heterocycles. The van der Waals surface area contributed by atoms with Crippen molar-refractivity contribution in [3.8, 4) is 11.1 Å². The van der Waals surface area contributed by atoms with E-state index in [1.807, 2.05) is 49.4 Å². The number of nitrogens with one attached hydrogen (secondary N) is 1. The fraction of sp³-hybridized carbons (Fsp3) is 0.409. The highest BCUT2D eigenvalue weighted by Gasteiger charge is 2.36. The van der Waals surface area contributed by atoms with E-state index in [2.05, 4.69) is 36.2 Å². The molecule has 1 amide bonds. The number of hydrogen-bond acceptors (Lipinski definition) is 3. The van der Waals surface area contributed by atoms with Gasteiger partial charge in [-0.25, -0.2) is 0 Å². The van der Waals surface area contributed by atoms with Gasteiger partial charge in [0.25, 0.3) is 0 Å². The quantitative estimate of drug-likeness (QED) is 0.828. The summed E-state index contributed by atoms with van der Waals surface area (Å²) in [7, 11) is 0. The molecular weight excluding hydrogens is 358 g/mol. The maximum Gasteiger partial charge on any atom is 0.241 e. The van der Waals surface area contributed by atoms with E-state index in [-0.39, 0.29) is 35.8 Å². The van der Waals surface area contributed by atoms with Gasteiger partial charge in [-0.15, -0.1) is 12.4 Å². The molecule has 0 saturated carbocycles. The Kier molecular flexibility index (Phi) is 7.04. The van der Waals surface area contributed by atoms with E-state index in [1.165, 1.54) is 0 Å². The van der Waals surface area contributed by atoms with Crippen molar-refractivity contribution >= 4 is 24.0 Å². The van der Waals surface area contributed by atoms with Crippen molar-refractivity contribution < 1.29 is 4.79 Å². The van der Waals surface area contributed by atoms with E-state index in [0.717, 1.165) is 36.3 Å². The summed E-state index contributed by atoms with van der Waals surface area (Å²) in [5, 5.41) is 3.13. The lowest BCUT2D eigenvalue weighted by Gasteiger charge is -2.44. The second kappa shape index (κ2) is 8.87. The van der Waals surface area contributed by atoms with Crippen molar-refractivity contribution in [3.63, 3.8) is 0 Å². The first-order valence-corrected chi connectivity index (χ1v) is 9.33. The van der Waals surface area contributed by atoms with Gasteiger partial charge in [-0.1, -0.05) is 62.4 Å². The number of piperidine rings is 1. The Morgan fingerprint density at radius 3 is 2.44 bits per heavy atom. The first-order chi connectivity index (χ1) is 12.4. The minimum Gasteiger partial charge on any atom is -0.327 e. The van der Waals surface area contributed by atoms with Gasteiger partial charge < -0.3 is 11.1 Å². The predicted octanol–water partition coefficient (Wildman–Crippen LogP) is 4.16. The average Bonchev–Trinajstić information content (AvgIpc) is 2.64. The third-order valence-corrected chi connectivity index (χ3v) is 5.54. The van der Waals surface area contributed by atoms with Crippen LogP contribution >= 0.6 is 12.4 Å². The molecule has 0 radical (unpaired) electrons. The van der Waals surface area contributed by atoms with E-state index < -0.39 is 0 Å². The molecule has 5 heteroatoms. The fourth-order valence-corrected chi connectivity index (χ4v) is 3.61. The van der Waals surface area contributed by atoms with Gasteiger partial charge in [0.05, 0.1) is 6.04 Å². The fourth-order valence-electron chi connectivity index (χ4n) is 3.61. The number of benzene rings is 2. The van der Waals surface area contributed by atoms with Crippen LogP contribution < -0.4 is 11.1 Å². The largest absolute Gasteiger partial charge is 0.327 e. The van der Waals surface area contributed by atoms with Gasteiger partial charge in [-0.05, 0) is 30.4 Å². The maximum atomic E-state index is 12.9. The Bertz CT molecular complexity index is 763. The summed E-state index contributed by atoms with van der Waals surface area (Å²) >= 11 is 0. The number of hydrogen-bond donors (Lipinski definition) is 2. The van der Waals surface area contributed by atoms with E-state index >= 15 is 0 Å². The van der Waals surface area contributed by atoms with Gasteiger partial charge in [-0.2, -0.15) is 0 Å². The van der Waals surface area contributed by atoms with Gasteiger partial charge >= 0.3 is 0 Å². The van der Waals surface area contributed by atoms with Crippen LogP contribution in [-0.2, 0) is 4.79 Å². The van der Waals surface area contributed by atoms with Crippen molar-refractivity contribution in [2.45, 2.75) is 39.3 Å². The third-order valence-electron chi connectivity index (χ3n) is 5.54. The number of rotatable bonds is 4. The molecule has 27 heavy (non-hydrogen) atoms. The number of anilines is 1. The molecule has 2 aromatic carbocycles. The summed E-state index contributed by atoms with van der Waals surface area (Å²) in [6.07, 6.45) is 0.922. The van der Waals surface area contributed by atoms with Crippen molar-refractivity contribution in [2.24, 2.45) is 11.1 Å². The van der Waals surface area contributed by atoms with Gasteiger partial charge in [0.2, 0.25) is 5.91 Å². The maximum absolute atomic E-state index is 12.9. The Balaban J connectivity index is 0.00000261. The second-order valence-corrected chi connectivity index (χ2v) is 7.93. The van der Waals surface area contributed by atoms with Crippen molar-refractivity contribution in [1.29, 1.82) is 0 Å². The molecule has 1 saturated heterocycles. The zero-order valence-corrected chi connectivity index (χ0v) is 17.1. The van der Waals surface area contributed by atoms with E-state index in [1.54, 1.807) is 0 Å². The first kappa shape index (κ1) is 21.4. The molecule has 0 bridgehead atoms. The summed E-state index contributed by atoms with van der Waals surface area (Å²) < 4.78 is 0. The monoisotopic (exact) mass is 387 g/mol. The molecule has 0 aromatic heterocycles. The molecule has 3 N–H and O–H groups in total. The lowest BCUT2D eigenvalue weighted by atomic mass is 9.79. The molecule has 0 spiro atoms. The SMILES string of the molecule is CC(C(=O)Nc1ccccc1-c1ccccc1)N1CCC(N)C(C)(C)C1.Cl. The average molecular weight is 388 g/mol. The Labute approximate surface area is 168 Å². The Morgan fingerprint density at radius 2 is 1.78 bits per heavy atom. The van der Waals surface area contributed by atoms with Crippen LogP contribution in [0.2, 0.25) is 0 Å². The molecule has 1 fully saturated rings. The molecule has 1 heterocycles. The first-order valence-electron chi connectivity index (χ1n) is 9.33. The molecule has 2 aromatic rings. The normalized spacial score (nSPS) is 20.4. The minimum atomic E-state index is -0.189. The zero-order chi connectivity index (χ0) is 18.7. The number of nitrogens with two attached hydrogens (primary N) is 1. The number of carbonyl (C=O) groups excluding carboxylic acids is 1. The smallest absolute Gasteiger partial charge is 0.241 e. The van der Waals surface area contributed by atoms with Crippen LogP contribution in [0.3, 0.4) is 0 Å². The third kappa shape index (κ3) is 4.89. The highest BCUT2D eigenvalue weighted by Crippen LogP contribution is 2.30. The molecule has 0 aliphatic carbocycles. The summed E-state index contributed by atoms with van der Waals surface area (Å²) in [5.41, 5.74) is 9.24. The van der Waals surface area contributed by atoms with Crippen LogP contribution in [0.4, 0.5) is 5.69 Å².